The summed E-state index contributed by atoms with van der Waals surface area (Å²) in [5.74, 6) is -0.479. The lowest BCUT2D eigenvalue weighted by molar-refractivity contribution is -0.122. The average Bonchev–Trinajstić information content (AvgIpc) is 2.77. The van der Waals surface area contributed by atoms with Crippen LogP contribution in [0, 0.1) is 0 Å². The lowest BCUT2D eigenvalue weighted by Crippen LogP contribution is -2.32. The molecule has 5 heteroatoms. The number of hydrogen-bond donors (Lipinski definition) is 2. The third kappa shape index (κ3) is 4.41. The van der Waals surface area contributed by atoms with Crippen molar-refractivity contribution in [3.05, 3.63) is 112 Å². The number of nitrogens with zero attached hydrogens (tertiary/aromatic N) is 1. The molecule has 2 aromatic carbocycles. The Bertz CT molecular complexity index is 1170. The van der Waals surface area contributed by atoms with Crippen molar-refractivity contribution in [2.45, 2.75) is 18.9 Å². The number of aromatic amines is 1. The van der Waals surface area contributed by atoms with Gasteiger partial charge in [-0.15, -0.1) is 0 Å². The van der Waals surface area contributed by atoms with E-state index < -0.39 is 0 Å². The zero-order valence-corrected chi connectivity index (χ0v) is 15.8. The van der Waals surface area contributed by atoms with E-state index in [1.54, 1.807) is 12.4 Å². The smallest absolute Gasteiger partial charge is 0.253 e. The van der Waals surface area contributed by atoms with Crippen LogP contribution in [0.15, 0.2) is 90.0 Å². The van der Waals surface area contributed by atoms with E-state index in [0.717, 1.165) is 22.0 Å². The SMILES string of the molecule is O=C(NCc1cc2ccccc2[nH]c1=O)C(Cc1cccnc1)c1ccccc1. The number of amides is 1. The highest BCUT2D eigenvalue weighted by Gasteiger charge is 2.21. The Balaban J connectivity index is 1.55. The van der Waals surface area contributed by atoms with Crippen molar-refractivity contribution >= 4 is 16.8 Å². The van der Waals surface area contributed by atoms with Crippen molar-refractivity contribution in [2.75, 3.05) is 0 Å². The minimum Gasteiger partial charge on any atom is -0.351 e. The number of benzene rings is 2. The van der Waals surface area contributed by atoms with Crippen LogP contribution in [0.1, 0.15) is 22.6 Å². The second-order valence-electron chi connectivity index (χ2n) is 6.96. The quantitative estimate of drug-likeness (QED) is 0.535. The molecule has 0 aliphatic carbocycles. The van der Waals surface area contributed by atoms with Gasteiger partial charge >= 0.3 is 0 Å². The molecule has 144 valence electrons. The predicted molar refractivity (Wildman–Crippen MR) is 114 cm³/mol. The van der Waals surface area contributed by atoms with Gasteiger partial charge in [0.15, 0.2) is 0 Å². The van der Waals surface area contributed by atoms with E-state index >= 15 is 0 Å². The summed E-state index contributed by atoms with van der Waals surface area (Å²) in [6, 6.07) is 22.9. The number of pyridine rings is 2. The van der Waals surface area contributed by atoms with E-state index in [9.17, 15) is 9.59 Å². The summed E-state index contributed by atoms with van der Waals surface area (Å²) in [7, 11) is 0. The van der Waals surface area contributed by atoms with Crippen LogP contribution in [0.3, 0.4) is 0 Å². The van der Waals surface area contributed by atoms with E-state index in [4.69, 9.17) is 0 Å². The monoisotopic (exact) mass is 383 g/mol. The minimum atomic E-state index is -0.361. The summed E-state index contributed by atoms with van der Waals surface area (Å²) in [6.45, 7) is 0.176. The summed E-state index contributed by atoms with van der Waals surface area (Å²) < 4.78 is 0. The van der Waals surface area contributed by atoms with Crippen LogP contribution >= 0.6 is 0 Å². The summed E-state index contributed by atoms with van der Waals surface area (Å²) >= 11 is 0. The molecule has 0 aliphatic heterocycles. The number of H-pyrrole nitrogens is 1. The van der Waals surface area contributed by atoms with Crippen molar-refractivity contribution in [2.24, 2.45) is 0 Å². The molecule has 0 aliphatic rings. The Labute approximate surface area is 168 Å². The number of carbonyl (C=O) groups is 1. The fourth-order valence-electron chi connectivity index (χ4n) is 3.43. The predicted octanol–water partition coefficient (Wildman–Crippen LogP) is 3.57. The largest absolute Gasteiger partial charge is 0.351 e. The molecule has 2 aromatic heterocycles. The van der Waals surface area contributed by atoms with Crippen LogP contribution in [0.5, 0.6) is 0 Å². The molecule has 5 nitrogen and oxygen atoms in total. The molecule has 1 unspecified atom stereocenters. The molecule has 0 radical (unpaired) electrons. The standard InChI is InChI=1S/C24H21N3O2/c28-23-20(14-19-10-4-5-11-22(19)27-23)16-26-24(29)21(18-8-2-1-3-9-18)13-17-7-6-12-25-15-17/h1-12,14-15,21H,13,16H2,(H,26,29)(H,27,28). The lowest BCUT2D eigenvalue weighted by atomic mass is 9.91. The van der Waals surface area contributed by atoms with Gasteiger partial charge in [0.1, 0.15) is 0 Å². The number of aromatic nitrogens is 2. The fourth-order valence-corrected chi connectivity index (χ4v) is 3.43. The van der Waals surface area contributed by atoms with E-state index in [2.05, 4.69) is 15.3 Å². The molecule has 0 fully saturated rings. The molecule has 0 saturated heterocycles. The highest BCUT2D eigenvalue weighted by molar-refractivity contribution is 5.84. The van der Waals surface area contributed by atoms with Crippen LogP contribution in [0.4, 0.5) is 0 Å². The summed E-state index contributed by atoms with van der Waals surface area (Å²) in [6.07, 6.45) is 4.03. The zero-order chi connectivity index (χ0) is 20.1. The van der Waals surface area contributed by atoms with Gasteiger partial charge in [0.2, 0.25) is 5.91 Å². The van der Waals surface area contributed by atoms with Gasteiger partial charge in [-0.1, -0.05) is 54.6 Å². The van der Waals surface area contributed by atoms with Gasteiger partial charge in [-0.2, -0.15) is 0 Å². The molecular formula is C24H21N3O2. The Morgan fingerprint density at radius 3 is 2.59 bits per heavy atom. The van der Waals surface area contributed by atoms with Gasteiger partial charge in [0.05, 0.1) is 5.92 Å². The molecule has 0 saturated carbocycles. The molecule has 2 N–H and O–H groups in total. The van der Waals surface area contributed by atoms with E-state index in [1.165, 1.54) is 0 Å². The van der Waals surface area contributed by atoms with Crippen molar-refractivity contribution in [1.29, 1.82) is 0 Å². The molecular weight excluding hydrogens is 362 g/mol. The van der Waals surface area contributed by atoms with Gasteiger partial charge in [-0.05, 0) is 41.1 Å². The first-order chi connectivity index (χ1) is 14.2. The van der Waals surface area contributed by atoms with E-state index in [-0.39, 0.29) is 23.9 Å². The van der Waals surface area contributed by atoms with E-state index in [0.29, 0.717) is 12.0 Å². The minimum absolute atomic E-state index is 0.118. The third-order valence-electron chi connectivity index (χ3n) is 4.96. The van der Waals surface area contributed by atoms with Crippen LogP contribution in [0.2, 0.25) is 0 Å². The molecule has 29 heavy (non-hydrogen) atoms. The maximum absolute atomic E-state index is 13.1. The Morgan fingerprint density at radius 2 is 1.79 bits per heavy atom. The van der Waals surface area contributed by atoms with Gasteiger partial charge in [-0.3, -0.25) is 14.6 Å². The van der Waals surface area contributed by atoms with Crippen molar-refractivity contribution in [3.8, 4) is 0 Å². The zero-order valence-electron chi connectivity index (χ0n) is 15.8. The van der Waals surface area contributed by atoms with Crippen LogP contribution in [0.25, 0.3) is 10.9 Å². The second-order valence-corrected chi connectivity index (χ2v) is 6.96. The number of carbonyl (C=O) groups excluding carboxylic acids is 1. The lowest BCUT2D eigenvalue weighted by Gasteiger charge is -2.17. The number of para-hydroxylation sites is 1. The summed E-state index contributed by atoms with van der Waals surface area (Å²) in [5.41, 5.74) is 3.05. The maximum atomic E-state index is 13.1. The highest BCUT2D eigenvalue weighted by Crippen LogP contribution is 2.21. The van der Waals surface area contributed by atoms with Crippen molar-refractivity contribution in [3.63, 3.8) is 0 Å². The topological polar surface area (TPSA) is 74.8 Å². The molecule has 0 bridgehead atoms. The van der Waals surface area contributed by atoms with Gasteiger partial charge in [0.25, 0.3) is 5.56 Å². The first-order valence-electron chi connectivity index (χ1n) is 9.53. The van der Waals surface area contributed by atoms with Crippen molar-refractivity contribution in [1.82, 2.24) is 15.3 Å². The van der Waals surface area contributed by atoms with Crippen LogP contribution in [-0.4, -0.2) is 15.9 Å². The van der Waals surface area contributed by atoms with Crippen LogP contribution < -0.4 is 10.9 Å². The number of nitrogens with one attached hydrogen (secondary N) is 2. The normalized spacial score (nSPS) is 11.9. The molecule has 4 aromatic rings. The molecule has 2 heterocycles. The molecule has 1 amide bonds. The fraction of sp³-hybridized carbons (Fsp3) is 0.125. The third-order valence-corrected chi connectivity index (χ3v) is 4.96. The number of hydrogen-bond acceptors (Lipinski definition) is 3. The number of rotatable bonds is 6. The molecule has 0 spiro atoms. The van der Waals surface area contributed by atoms with E-state index in [1.807, 2.05) is 72.8 Å². The second kappa shape index (κ2) is 8.52. The van der Waals surface area contributed by atoms with Crippen molar-refractivity contribution < 1.29 is 4.79 Å². The number of fused-ring (bicyclic) bond motifs is 1. The molecule has 1 atom stereocenters. The summed E-state index contributed by atoms with van der Waals surface area (Å²) in [4.78, 5) is 32.4. The van der Waals surface area contributed by atoms with Gasteiger partial charge in [-0.25, -0.2) is 0 Å². The Kier molecular flexibility index (Phi) is 5.47. The average molecular weight is 383 g/mol. The summed E-state index contributed by atoms with van der Waals surface area (Å²) in [5, 5.41) is 3.88. The first-order valence-corrected chi connectivity index (χ1v) is 9.53. The van der Waals surface area contributed by atoms with Crippen LogP contribution in [-0.2, 0) is 17.8 Å². The highest BCUT2D eigenvalue weighted by atomic mass is 16.2. The molecule has 4 rings (SSSR count). The maximum Gasteiger partial charge on any atom is 0.253 e. The Morgan fingerprint density at radius 1 is 1.00 bits per heavy atom. The first kappa shape index (κ1) is 18.6. The Hall–Kier alpha value is -3.73. The van der Waals surface area contributed by atoms with Gasteiger partial charge in [0, 0.05) is 30.0 Å². The van der Waals surface area contributed by atoms with Gasteiger partial charge < -0.3 is 10.3 Å².